The van der Waals surface area contributed by atoms with E-state index < -0.39 is 0 Å². The van der Waals surface area contributed by atoms with Crippen molar-refractivity contribution in [3.8, 4) is 22.1 Å². The fourth-order valence-corrected chi connectivity index (χ4v) is 3.57. The number of rotatable bonds is 4. The van der Waals surface area contributed by atoms with Crippen LogP contribution in [-0.2, 0) is 6.42 Å². The third-order valence-corrected chi connectivity index (χ3v) is 4.84. The van der Waals surface area contributed by atoms with Crippen molar-refractivity contribution in [3.63, 3.8) is 0 Å². The number of aryl methyl sites for hydroxylation is 1. The van der Waals surface area contributed by atoms with Gasteiger partial charge in [-0.2, -0.15) is 5.10 Å². The van der Waals surface area contributed by atoms with Gasteiger partial charge in [-0.05, 0) is 31.7 Å². The van der Waals surface area contributed by atoms with Gasteiger partial charge in [0.05, 0.1) is 20.6 Å². The molecule has 0 spiro atoms. The van der Waals surface area contributed by atoms with Crippen LogP contribution in [0.15, 0.2) is 18.2 Å². The summed E-state index contributed by atoms with van der Waals surface area (Å²) in [5, 5.41) is 9.28. The highest BCUT2D eigenvalue weighted by Gasteiger charge is 2.15. The van der Waals surface area contributed by atoms with Crippen molar-refractivity contribution in [2.45, 2.75) is 13.3 Å². The number of thiazole rings is 1. The Morgan fingerprint density at radius 3 is 2.82 bits per heavy atom. The molecule has 0 aliphatic carbocycles. The Morgan fingerprint density at radius 1 is 1.27 bits per heavy atom. The Bertz CT molecular complexity index is 811. The average molecular weight is 354 g/mol. The average Bonchev–Trinajstić information content (AvgIpc) is 3.06. The number of aromatic nitrogens is 4. The van der Waals surface area contributed by atoms with Crippen molar-refractivity contribution in [2.24, 2.45) is 5.73 Å². The first kappa shape index (κ1) is 15.4. The summed E-state index contributed by atoms with van der Waals surface area (Å²) in [7, 11) is 0. The Labute approximate surface area is 141 Å². The van der Waals surface area contributed by atoms with Crippen LogP contribution in [0.25, 0.3) is 22.1 Å². The lowest BCUT2D eigenvalue weighted by atomic mass is 10.2. The maximum atomic E-state index is 6.19. The predicted molar refractivity (Wildman–Crippen MR) is 90.4 cm³/mol. The molecule has 0 fully saturated rings. The van der Waals surface area contributed by atoms with Crippen LogP contribution in [-0.4, -0.2) is 26.7 Å². The highest BCUT2D eigenvalue weighted by atomic mass is 35.5. The molecular weight excluding hydrogens is 341 g/mol. The van der Waals surface area contributed by atoms with Gasteiger partial charge in [-0.15, -0.1) is 11.3 Å². The number of benzene rings is 1. The maximum Gasteiger partial charge on any atom is 0.183 e. The summed E-state index contributed by atoms with van der Waals surface area (Å²) in [5.41, 5.74) is 7.22. The Balaban J connectivity index is 1.97. The van der Waals surface area contributed by atoms with E-state index in [1.54, 1.807) is 29.5 Å². The van der Waals surface area contributed by atoms with Gasteiger partial charge in [0.15, 0.2) is 11.6 Å². The van der Waals surface area contributed by atoms with Crippen LogP contribution in [0.2, 0.25) is 10.0 Å². The zero-order valence-electron chi connectivity index (χ0n) is 11.7. The molecule has 0 amide bonds. The lowest BCUT2D eigenvalue weighted by Gasteiger charge is -1.99. The Hall–Kier alpha value is -1.47. The number of hydrogen-bond acceptors (Lipinski definition) is 5. The number of H-pyrrole nitrogens is 1. The zero-order chi connectivity index (χ0) is 15.7. The first-order valence-corrected chi connectivity index (χ1v) is 8.20. The van der Waals surface area contributed by atoms with Gasteiger partial charge in [-0.3, -0.25) is 5.10 Å². The van der Waals surface area contributed by atoms with E-state index in [-0.39, 0.29) is 0 Å². The lowest BCUT2D eigenvalue weighted by Crippen LogP contribution is -2.01. The number of halogens is 2. The highest BCUT2D eigenvalue weighted by molar-refractivity contribution is 7.15. The largest absolute Gasteiger partial charge is 0.330 e. The van der Waals surface area contributed by atoms with Crippen molar-refractivity contribution in [1.82, 2.24) is 20.2 Å². The van der Waals surface area contributed by atoms with Gasteiger partial charge in [-0.25, -0.2) is 9.97 Å². The number of nitrogens with zero attached hydrogens (tertiary/aromatic N) is 3. The summed E-state index contributed by atoms with van der Waals surface area (Å²) < 4.78 is 0. The third kappa shape index (κ3) is 3.01. The molecule has 0 atom stereocenters. The Kier molecular flexibility index (Phi) is 4.44. The number of aromatic amines is 1. The molecule has 0 saturated carbocycles. The molecule has 1 aromatic carbocycles. The molecule has 8 heteroatoms. The summed E-state index contributed by atoms with van der Waals surface area (Å²) in [6.45, 7) is 2.53. The molecule has 3 rings (SSSR count). The molecule has 0 unspecified atom stereocenters. The van der Waals surface area contributed by atoms with Crippen molar-refractivity contribution in [1.29, 1.82) is 0 Å². The SMILES string of the molecule is Cc1nc(CCN)sc1-c1nc(-c2ccc(Cl)cc2Cl)n[nH]1. The molecule has 0 aliphatic rings. The van der Waals surface area contributed by atoms with E-state index in [0.29, 0.717) is 28.2 Å². The number of nitrogens with one attached hydrogen (secondary N) is 1. The van der Waals surface area contributed by atoms with Gasteiger partial charge < -0.3 is 5.73 Å². The van der Waals surface area contributed by atoms with Crippen molar-refractivity contribution in [2.75, 3.05) is 6.54 Å². The van der Waals surface area contributed by atoms with Crippen LogP contribution in [0.1, 0.15) is 10.7 Å². The second-order valence-electron chi connectivity index (χ2n) is 4.69. The van der Waals surface area contributed by atoms with Crippen LogP contribution in [0.5, 0.6) is 0 Å². The van der Waals surface area contributed by atoms with Crippen LogP contribution in [0, 0.1) is 6.92 Å². The standard InChI is InChI=1S/C14H13Cl2N5S/c1-7-12(22-11(18-7)4-5-17)14-19-13(20-21-14)9-3-2-8(15)6-10(9)16/h2-3,6H,4-5,17H2,1H3,(H,19,20,21). The van der Waals surface area contributed by atoms with Gasteiger partial charge in [0, 0.05) is 17.0 Å². The summed E-state index contributed by atoms with van der Waals surface area (Å²) in [5.74, 6) is 1.21. The predicted octanol–water partition coefficient (Wildman–Crippen LogP) is 3.71. The van der Waals surface area contributed by atoms with Crippen LogP contribution < -0.4 is 5.73 Å². The quantitative estimate of drug-likeness (QED) is 0.748. The van der Waals surface area contributed by atoms with E-state index in [2.05, 4.69) is 20.2 Å². The molecule has 5 nitrogen and oxygen atoms in total. The zero-order valence-corrected chi connectivity index (χ0v) is 14.1. The molecule has 114 valence electrons. The molecule has 0 aliphatic heterocycles. The van der Waals surface area contributed by atoms with Gasteiger partial charge in [0.2, 0.25) is 0 Å². The molecule has 2 aromatic heterocycles. The summed E-state index contributed by atoms with van der Waals surface area (Å²) in [6, 6.07) is 5.24. The molecular formula is C14H13Cl2N5S. The van der Waals surface area contributed by atoms with Crippen LogP contribution in [0.4, 0.5) is 0 Å². The Morgan fingerprint density at radius 2 is 2.09 bits per heavy atom. The van der Waals surface area contributed by atoms with Crippen LogP contribution >= 0.6 is 34.5 Å². The van der Waals surface area contributed by atoms with E-state index in [0.717, 1.165) is 27.6 Å². The first-order valence-electron chi connectivity index (χ1n) is 6.63. The fraction of sp³-hybridized carbons (Fsp3) is 0.214. The fourth-order valence-electron chi connectivity index (χ4n) is 2.06. The monoisotopic (exact) mass is 353 g/mol. The number of hydrogen-bond donors (Lipinski definition) is 2. The number of nitrogens with two attached hydrogens (primary N) is 1. The second kappa shape index (κ2) is 6.34. The minimum absolute atomic E-state index is 0.517. The van der Waals surface area contributed by atoms with Crippen molar-refractivity contribution < 1.29 is 0 Å². The van der Waals surface area contributed by atoms with Crippen molar-refractivity contribution >= 4 is 34.5 Å². The van der Waals surface area contributed by atoms with Gasteiger partial charge in [0.1, 0.15) is 0 Å². The summed E-state index contributed by atoms with van der Waals surface area (Å²) in [6.07, 6.45) is 0.759. The van der Waals surface area contributed by atoms with E-state index in [1.807, 2.05) is 6.92 Å². The van der Waals surface area contributed by atoms with E-state index >= 15 is 0 Å². The van der Waals surface area contributed by atoms with E-state index in [4.69, 9.17) is 28.9 Å². The summed E-state index contributed by atoms with van der Waals surface area (Å²) >= 11 is 13.7. The van der Waals surface area contributed by atoms with E-state index in [9.17, 15) is 0 Å². The molecule has 3 N–H and O–H groups in total. The topological polar surface area (TPSA) is 80.5 Å². The molecule has 0 saturated heterocycles. The smallest absolute Gasteiger partial charge is 0.183 e. The first-order chi connectivity index (χ1) is 10.6. The van der Waals surface area contributed by atoms with Gasteiger partial charge >= 0.3 is 0 Å². The maximum absolute atomic E-state index is 6.19. The molecule has 3 aromatic rings. The molecule has 22 heavy (non-hydrogen) atoms. The van der Waals surface area contributed by atoms with E-state index in [1.165, 1.54) is 0 Å². The molecule has 0 radical (unpaired) electrons. The normalized spacial score (nSPS) is 11.1. The lowest BCUT2D eigenvalue weighted by molar-refractivity contribution is 0.945. The minimum atomic E-state index is 0.517. The third-order valence-electron chi connectivity index (χ3n) is 3.07. The molecule has 0 bridgehead atoms. The highest BCUT2D eigenvalue weighted by Crippen LogP contribution is 2.31. The summed E-state index contributed by atoms with van der Waals surface area (Å²) in [4.78, 5) is 9.98. The van der Waals surface area contributed by atoms with Gasteiger partial charge in [0.25, 0.3) is 0 Å². The van der Waals surface area contributed by atoms with Crippen LogP contribution in [0.3, 0.4) is 0 Å². The van der Waals surface area contributed by atoms with Gasteiger partial charge in [-0.1, -0.05) is 23.2 Å². The minimum Gasteiger partial charge on any atom is -0.330 e. The second-order valence-corrected chi connectivity index (χ2v) is 6.62. The molecule has 2 heterocycles. The van der Waals surface area contributed by atoms with Crippen molar-refractivity contribution in [3.05, 3.63) is 38.9 Å².